The van der Waals surface area contributed by atoms with Crippen LogP contribution in [0.1, 0.15) is 18.4 Å². The zero-order valence-electron chi connectivity index (χ0n) is 11.9. The van der Waals surface area contributed by atoms with Crippen LogP contribution in [0.2, 0.25) is 0 Å². The van der Waals surface area contributed by atoms with Crippen molar-refractivity contribution in [2.75, 3.05) is 33.5 Å². The van der Waals surface area contributed by atoms with Gasteiger partial charge in [0, 0.05) is 25.6 Å². The van der Waals surface area contributed by atoms with Crippen LogP contribution in [-0.4, -0.2) is 44.7 Å². The molecule has 0 spiro atoms. The highest BCUT2D eigenvalue weighted by Gasteiger charge is 2.14. The van der Waals surface area contributed by atoms with Crippen molar-refractivity contribution in [1.82, 2.24) is 5.32 Å². The minimum Gasteiger partial charge on any atom is -0.490 e. The summed E-state index contributed by atoms with van der Waals surface area (Å²) in [6, 6.07) is 5.95. The zero-order chi connectivity index (χ0) is 14.2. The average molecular weight is 281 g/mol. The maximum atomic E-state index is 9.57. The molecule has 2 rings (SSSR count). The lowest BCUT2D eigenvalue weighted by molar-refractivity contribution is 0.0594. The van der Waals surface area contributed by atoms with Gasteiger partial charge >= 0.3 is 0 Å². The van der Waals surface area contributed by atoms with Crippen LogP contribution in [-0.2, 0) is 11.3 Å². The Morgan fingerprint density at radius 3 is 3.05 bits per heavy atom. The molecule has 0 bridgehead atoms. The van der Waals surface area contributed by atoms with E-state index in [1.807, 2.05) is 18.2 Å². The number of nitrogens with one attached hydrogen (secondary N) is 1. The fourth-order valence-electron chi connectivity index (χ4n) is 2.16. The summed E-state index contributed by atoms with van der Waals surface area (Å²) in [5, 5.41) is 12.9. The first-order valence-electron chi connectivity index (χ1n) is 7.06. The molecule has 5 heteroatoms. The number of aliphatic hydroxyl groups excluding tert-OH is 1. The van der Waals surface area contributed by atoms with Crippen molar-refractivity contribution in [3.05, 3.63) is 23.8 Å². The van der Waals surface area contributed by atoms with Gasteiger partial charge in [0.1, 0.15) is 0 Å². The lowest BCUT2D eigenvalue weighted by Gasteiger charge is -2.14. The van der Waals surface area contributed by atoms with Crippen LogP contribution < -0.4 is 14.8 Å². The first kappa shape index (κ1) is 15.1. The maximum Gasteiger partial charge on any atom is 0.165 e. The Kier molecular flexibility index (Phi) is 6.11. The van der Waals surface area contributed by atoms with Crippen LogP contribution >= 0.6 is 0 Å². The highest BCUT2D eigenvalue weighted by molar-refractivity contribution is 5.46. The summed E-state index contributed by atoms with van der Waals surface area (Å²) >= 11 is 0. The van der Waals surface area contributed by atoms with Crippen molar-refractivity contribution in [2.45, 2.75) is 25.5 Å². The minimum atomic E-state index is -0.417. The average Bonchev–Trinajstić information content (AvgIpc) is 2.69. The van der Waals surface area contributed by atoms with E-state index in [0.29, 0.717) is 32.8 Å². The summed E-state index contributed by atoms with van der Waals surface area (Å²) < 4.78 is 16.3. The van der Waals surface area contributed by atoms with Gasteiger partial charge in [-0.3, -0.25) is 0 Å². The molecule has 20 heavy (non-hydrogen) atoms. The second-order valence-electron chi connectivity index (χ2n) is 4.87. The number of aliphatic hydroxyl groups is 1. The summed E-state index contributed by atoms with van der Waals surface area (Å²) in [5.74, 6) is 1.66. The van der Waals surface area contributed by atoms with Crippen LogP contribution in [0.3, 0.4) is 0 Å². The molecule has 0 amide bonds. The fourth-order valence-corrected chi connectivity index (χ4v) is 2.16. The Labute approximate surface area is 119 Å². The smallest absolute Gasteiger partial charge is 0.165 e. The lowest BCUT2D eigenvalue weighted by Crippen LogP contribution is -2.23. The third-order valence-corrected chi connectivity index (χ3v) is 3.18. The van der Waals surface area contributed by atoms with Gasteiger partial charge in [-0.15, -0.1) is 0 Å². The Morgan fingerprint density at radius 2 is 2.20 bits per heavy atom. The number of rotatable bonds is 7. The zero-order valence-corrected chi connectivity index (χ0v) is 11.9. The molecular formula is C15H23NO4. The molecule has 0 fully saturated rings. The topological polar surface area (TPSA) is 60.0 Å². The van der Waals surface area contributed by atoms with E-state index in [-0.39, 0.29) is 0 Å². The van der Waals surface area contributed by atoms with Crippen molar-refractivity contribution in [3.63, 3.8) is 0 Å². The lowest BCUT2D eigenvalue weighted by atomic mass is 10.1. The van der Waals surface area contributed by atoms with E-state index in [1.54, 1.807) is 7.11 Å². The molecule has 0 aliphatic carbocycles. The Morgan fingerprint density at radius 1 is 1.35 bits per heavy atom. The number of benzene rings is 1. The van der Waals surface area contributed by atoms with E-state index < -0.39 is 6.10 Å². The summed E-state index contributed by atoms with van der Waals surface area (Å²) in [7, 11) is 1.59. The summed E-state index contributed by atoms with van der Waals surface area (Å²) in [5.41, 5.74) is 1.09. The Hall–Kier alpha value is -1.30. The number of fused-ring (bicyclic) bond motifs is 1. The second-order valence-corrected chi connectivity index (χ2v) is 4.87. The van der Waals surface area contributed by atoms with Crippen molar-refractivity contribution < 1.29 is 19.3 Å². The van der Waals surface area contributed by atoms with Crippen molar-refractivity contribution in [1.29, 1.82) is 0 Å². The molecule has 5 nitrogen and oxygen atoms in total. The molecule has 1 aromatic carbocycles. The van der Waals surface area contributed by atoms with Crippen LogP contribution in [0.5, 0.6) is 11.5 Å². The molecular weight excluding hydrogens is 258 g/mol. The van der Waals surface area contributed by atoms with Crippen LogP contribution in [0.4, 0.5) is 0 Å². The van der Waals surface area contributed by atoms with Crippen LogP contribution in [0.15, 0.2) is 18.2 Å². The van der Waals surface area contributed by atoms with Crippen molar-refractivity contribution in [2.24, 2.45) is 0 Å². The third kappa shape index (κ3) is 4.37. The normalized spacial score (nSPS) is 15.7. The molecule has 0 aromatic heterocycles. The van der Waals surface area contributed by atoms with Gasteiger partial charge in [-0.25, -0.2) is 0 Å². The Balaban J connectivity index is 1.84. The number of hydrogen-bond donors (Lipinski definition) is 2. The monoisotopic (exact) mass is 281 g/mol. The molecule has 112 valence electrons. The molecule has 0 radical (unpaired) electrons. The molecule has 1 unspecified atom stereocenters. The van der Waals surface area contributed by atoms with Crippen molar-refractivity contribution >= 4 is 0 Å². The summed E-state index contributed by atoms with van der Waals surface area (Å²) in [6.45, 7) is 3.20. The highest BCUT2D eigenvalue weighted by Crippen LogP contribution is 2.33. The fraction of sp³-hybridized carbons (Fsp3) is 0.600. The van der Waals surface area contributed by atoms with E-state index in [2.05, 4.69) is 5.32 Å². The SMILES string of the molecule is COCC(O)CCNCc1cccc2c1OCCCO2. The molecule has 2 N–H and O–H groups in total. The summed E-state index contributed by atoms with van der Waals surface area (Å²) in [6.07, 6.45) is 1.16. The number of ether oxygens (including phenoxy) is 3. The second kappa shape index (κ2) is 8.09. The van der Waals surface area contributed by atoms with E-state index >= 15 is 0 Å². The van der Waals surface area contributed by atoms with Gasteiger partial charge in [0.05, 0.1) is 25.9 Å². The molecule has 1 aliphatic heterocycles. The molecule has 1 aliphatic rings. The van der Waals surface area contributed by atoms with Crippen LogP contribution in [0.25, 0.3) is 0 Å². The molecule has 0 saturated carbocycles. The molecule has 1 atom stereocenters. The predicted molar refractivity (Wildman–Crippen MR) is 76.3 cm³/mol. The van der Waals surface area contributed by atoms with Gasteiger partial charge in [-0.2, -0.15) is 0 Å². The quantitative estimate of drug-likeness (QED) is 0.739. The number of hydrogen-bond acceptors (Lipinski definition) is 5. The summed E-state index contributed by atoms with van der Waals surface area (Å²) in [4.78, 5) is 0. The van der Waals surface area contributed by atoms with Gasteiger partial charge in [0.2, 0.25) is 0 Å². The van der Waals surface area contributed by atoms with E-state index in [4.69, 9.17) is 14.2 Å². The first-order valence-corrected chi connectivity index (χ1v) is 7.06. The molecule has 0 saturated heterocycles. The molecule has 1 heterocycles. The maximum absolute atomic E-state index is 9.57. The van der Waals surface area contributed by atoms with Gasteiger partial charge in [0.25, 0.3) is 0 Å². The minimum absolute atomic E-state index is 0.374. The van der Waals surface area contributed by atoms with E-state index in [1.165, 1.54) is 0 Å². The third-order valence-electron chi connectivity index (χ3n) is 3.18. The van der Waals surface area contributed by atoms with Gasteiger partial charge in [-0.05, 0) is 19.0 Å². The van der Waals surface area contributed by atoms with E-state index in [9.17, 15) is 5.11 Å². The van der Waals surface area contributed by atoms with Gasteiger partial charge in [0.15, 0.2) is 11.5 Å². The van der Waals surface area contributed by atoms with E-state index in [0.717, 1.165) is 30.0 Å². The van der Waals surface area contributed by atoms with Gasteiger partial charge < -0.3 is 24.6 Å². The number of methoxy groups -OCH3 is 1. The Bertz CT molecular complexity index is 411. The predicted octanol–water partition coefficient (Wildman–Crippen LogP) is 1.33. The standard InChI is InChI=1S/C15H23NO4/c1-18-11-13(17)6-7-16-10-12-4-2-5-14-15(12)20-9-3-8-19-14/h2,4-5,13,16-17H,3,6-11H2,1H3. The van der Waals surface area contributed by atoms with Gasteiger partial charge in [-0.1, -0.05) is 12.1 Å². The highest BCUT2D eigenvalue weighted by atomic mass is 16.5. The van der Waals surface area contributed by atoms with Crippen molar-refractivity contribution in [3.8, 4) is 11.5 Å². The van der Waals surface area contributed by atoms with Crippen LogP contribution in [0, 0.1) is 0 Å². The first-order chi connectivity index (χ1) is 9.81. The number of para-hydroxylation sites is 1. The molecule has 1 aromatic rings. The largest absolute Gasteiger partial charge is 0.490 e.